The van der Waals surface area contributed by atoms with Gasteiger partial charge in [0.15, 0.2) is 0 Å². The van der Waals surface area contributed by atoms with E-state index in [0.29, 0.717) is 12.2 Å². The second-order valence-electron chi connectivity index (χ2n) is 6.87. The molecule has 0 aromatic carbocycles. The van der Waals surface area contributed by atoms with Crippen molar-refractivity contribution in [2.24, 2.45) is 0 Å². The summed E-state index contributed by atoms with van der Waals surface area (Å²) in [4.78, 5) is 8.93. The number of hydrogen-bond acceptors (Lipinski definition) is 6. The molecule has 3 atom stereocenters. The van der Waals surface area contributed by atoms with Crippen LogP contribution in [0.2, 0.25) is 0 Å². The summed E-state index contributed by atoms with van der Waals surface area (Å²) in [6.45, 7) is 7.59. The first kappa shape index (κ1) is 19.8. The highest BCUT2D eigenvalue weighted by atomic mass is 16.3. The Morgan fingerprint density at radius 2 is 1.55 bits per heavy atom. The Hall–Kier alpha value is -0.240. The molecule has 2 rings (SSSR count). The zero-order chi connectivity index (χ0) is 16.9. The van der Waals surface area contributed by atoms with Crippen LogP contribution in [-0.4, -0.2) is 109 Å². The van der Waals surface area contributed by atoms with Crippen LogP contribution in [0.3, 0.4) is 0 Å². The van der Waals surface area contributed by atoms with Gasteiger partial charge in [-0.3, -0.25) is 19.6 Å². The average molecular weight is 316 g/mol. The fourth-order valence-corrected chi connectivity index (χ4v) is 3.49. The highest BCUT2D eigenvalue weighted by Gasteiger charge is 2.27. The highest BCUT2D eigenvalue weighted by molar-refractivity contribution is 4.79. The lowest BCUT2D eigenvalue weighted by atomic mass is 10.1. The van der Waals surface area contributed by atoms with Crippen molar-refractivity contribution in [1.82, 2.24) is 19.6 Å². The number of rotatable bonds is 2. The van der Waals surface area contributed by atoms with E-state index >= 15 is 0 Å². The van der Waals surface area contributed by atoms with Crippen molar-refractivity contribution in [3.63, 3.8) is 0 Å². The monoisotopic (exact) mass is 316 g/mol. The van der Waals surface area contributed by atoms with Crippen molar-refractivity contribution >= 4 is 0 Å². The summed E-state index contributed by atoms with van der Waals surface area (Å²) in [5.41, 5.74) is 0. The molecule has 2 N–H and O–H groups in total. The summed E-state index contributed by atoms with van der Waals surface area (Å²) in [6.07, 6.45) is 2.69. The van der Waals surface area contributed by atoms with Gasteiger partial charge in [0.2, 0.25) is 0 Å². The summed E-state index contributed by atoms with van der Waals surface area (Å²) >= 11 is 0. The third kappa shape index (κ3) is 5.15. The van der Waals surface area contributed by atoms with Gasteiger partial charge in [0, 0.05) is 25.7 Å². The number of hydrogen-bond donors (Lipinski definition) is 2. The van der Waals surface area contributed by atoms with E-state index in [9.17, 15) is 5.11 Å². The summed E-state index contributed by atoms with van der Waals surface area (Å²) in [7, 11) is 8.32. The molecular weight excluding hydrogens is 280 g/mol. The van der Waals surface area contributed by atoms with Crippen LogP contribution in [-0.2, 0) is 0 Å². The van der Waals surface area contributed by atoms with Gasteiger partial charge in [-0.15, -0.1) is 0 Å². The first-order valence-corrected chi connectivity index (χ1v) is 8.41. The van der Waals surface area contributed by atoms with Crippen molar-refractivity contribution < 1.29 is 10.2 Å². The van der Waals surface area contributed by atoms with Crippen LogP contribution in [0.25, 0.3) is 0 Å². The molecule has 0 saturated carbocycles. The maximum absolute atomic E-state index is 9.43. The number of likely N-dealkylation sites (N-methyl/N-ethyl adjacent to an activating group) is 3. The average Bonchev–Trinajstić information content (AvgIpc) is 2.45. The van der Waals surface area contributed by atoms with Crippen molar-refractivity contribution in [1.29, 1.82) is 0 Å². The Morgan fingerprint density at radius 3 is 1.95 bits per heavy atom. The topological polar surface area (TPSA) is 53.4 Å². The minimum absolute atomic E-state index is 0.212. The molecule has 0 bridgehead atoms. The lowest BCUT2D eigenvalue weighted by Crippen LogP contribution is -2.55. The second-order valence-corrected chi connectivity index (χ2v) is 6.87. The van der Waals surface area contributed by atoms with E-state index in [0.717, 1.165) is 26.1 Å². The number of nitrogens with zero attached hydrogens (tertiary/aromatic N) is 4. The first-order valence-electron chi connectivity index (χ1n) is 8.41. The van der Waals surface area contributed by atoms with Gasteiger partial charge in [0.1, 0.15) is 0 Å². The fourth-order valence-electron chi connectivity index (χ4n) is 3.49. The van der Waals surface area contributed by atoms with Crippen LogP contribution >= 0.6 is 0 Å². The molecule has 132 valence electrons. The molecule has 3 unspecified atom stereocenters. The number of aliphatic hydroxyl groups is 2. The third-order valence-corrected chi connectivity index (χ3v) is 5.19. The lowest BCUT2D eigenvalue weighted by Gasteiger charge is -2.42. The van der Waals surface area contributed by atoms with Crippen LogP contribution in [0, 0.1) is 0 Å². The zero-order valence-electron chi connectivity index (χ0n) is 15.2. The summed E-state index contributed by atoms with van der Waals surface area (Å²) in [5, 5.41) is 18.4. The molecule has 2 aliphatic heterocycles. The van der Waals surface area contributed by atoms with Crippen molar-refractivity contribution in [3.05, 3.63) is 0 Å². The molecule has 0 aromatic heterocycles. The third-order valence-electron chi connectivity index (χ3n) is 5.19. The van der Waals surface area contributed by atoms with Gasteiger partial charge in [-0.2, -0.15) is 0 Å². The van der Waals surface area contributed by atoms with Crippen LogP contribution < -0.4 is 0 Å². The maximum Gasteiger partial charge on any atom is 0.0882 e. The van der Waals surface area contributed by atoms with E-state index in [1.165, 1.54) is 6.42 Å². The molecule has 0 aliphatic carbocycles. The Balaban J connectivity index is 0.000000220. The molecule has 2 saturated heterocycles. The lowest BCUT2D eigenvalue weighted by molar-refractivity contribution is -0.0396. The molecule has 6 heteroatoms. The minimum Gasteiger partial charge on any atom is -0.395 e. The van der Waals surface area contributed by atoms with Gasteiger partial charge in [-0.25, -0.2) is 0 Å². The van der Waals surface area contributed by atoms with Gasteiger partial charge in [-0.1, -0.05) is 0 Å². The molecule has 22 heavy (non-hydrogen) atoms. The first-order chi connectivity index (χ1) is 10.3. The largest absolute Gasteiger partial charge is 0.395 e. The van der Waals surface area contributed by atoms with E-state index in [1.54, 1.807) is 0 Å². The van der Waals surface area contributed by atoms with E-state index < -0.39 is 0 Å². The van der Waals surface area contributed by atoms with Gasteiger partial charge in [0.05, 0.1) is 25.0 Å². The Bertz CT molecular complexity index is 305. The quantitative estimate of drug-likeness (QED) is 0.743. The summed E-state index contributed by atoms with van der Waals surface area (Å²) in [6, 6.07) is 0.362. The molecule has 0 spiro atoms. The van der Waals surface area contributed by atoms with Gasteiger partial charge >= 0.3 is 0 Å². The Labute approximate surface area is 136 Å². The maximum atomic E-state index is 9.43. The van der Waals surface area contributed by atoms with Gasteiger partial charge in [0.25, 0.3) is 0 Å². The predicted octanol–water partition coefficient (Wildman–Crippen LogP) is -0.0788. The highest BCUT2D eigenvalue weighted by Crippen LogP contribution is 2.15. The normalized spacial score (nSPS) is 31.6. The predicted molar refractivity (Wildman–Crippen MR) is 90.7 cm³/mol. The van der Waals surface area contributed by atoms with Gasteiger partial charge < -0.3 is 10.2 Å². The van der Waals surface area contributed by atoms with Crippen molar-refractivity contribution in [2.75, 3.05) is 54.4 Å². The summed E-state index contributed by atoms with van der Waals surface area (Å²) < 4.78 is 0. The fraction of sp³-hybridized carbons (Fsp3) is 1.00. The second kappa shape index (κ2) is 9.15. The molecular formula is C16H36N4O2. The van der Waals surface area contributed by atoms with Crippen molar-refractivity contribution in [2.45, 2.75) is 51.2 Å². The van der Waals surface area contributed by atoms with Crippen LogP contribution in [0.5, 0.6) is 0 Å². The molecule has 0 amide bonds. The van der Waals surface area contributed by atoms with Crippen molar-refractivity contribution in [3.8, 4) is 0 Å². The molecule has 2 aliphatic rings. The molecule has 2 fully saturated rings. The zero-order valence-corrected chi connectivity index (χ0v) is 15.2. The Kier molecular flexibility index (Phi) is 8.24. The SMILES string of the molecule is CC(O)C1N(C)CCCN1C.CC1N(C)CCC(CO)N1C. The van der Waals surface area contributed by atoms with E-state index in [-0.39, 0.29) is 18.9 Å². The Morgan fingerprint density at radius 1 is 1.00 bits per heavy atom. The minimum atomic E-state index is -0.259. The van der Waals surface area contributed by atoms with Gasteiger partial charge in [-0.05, 0) is 54.9 Å². The molecule has 0 aromatic rings. The molecule has 0 radical (unpaired) electrons. The van der Waals surface area contributed by atoms with Crippen LogP contribution in [0.15, 0.2) is 0 Å². The smallest absolute Gasteiger partial charge is 0.0882 e. The van der Waals surface area contributed by atoms with E-state index in [4.69, 9.17) is 5.11 Å². The van der Waals surface area contributed by atoms with Crippen LogP contribution in [0.1, 0.15) is 26.7 Å². The molecule has 6 nitrogen and oxygen atoms in total. The van der Waals surface area contributed by atoms with E-state index in [2.05, 4.69) is 54.7 Å². The van der Waals surface area contributed by atoms with Crippen LogP contribution in [0.4, 0.5) is 0 Å². The molecule has 2 heterocycles. The summed E-state index contributed by atoms with van der Waals surface area (Å²) in [5.74, 6) is 0. The standard InChI is InChI=1S/2C8H18N2O/c1-7-9(2)5-4-8(6-11)10(7)3;1-7(11)8-9(2)5-4-6-10(8)3/h2*7-8,11H,4-6H2,1-3H3. The number of aliphatic hydroxyl groups excluding tert-OH is 2. The van der Waals surface area contributed by atoms with E-state index in [1.807, 2.05) is 6.92 Å².